The van der Waals surface area contributed by atoms with Gasteiger partial charge in [0.2, 0.25) is 0 Å². The Labute approximate surface area is 158 Å². The minimum Gasteiger partial charge on any atom is -0.496 e. The van der Waals surface area contributed by atoms with Crippen LogP contribution in [-0.2, 0) is 10.2 Å². The van der Waals surface area contributed by atoms with E-state index in [1.807, 2.05) is 0 Å². The molecular formula is C23H33AlO. The van der Waals surface area contributed by atoms with Crippen molar-refractivity contribution in [3.05, 3.63) is 47.5 Å². The highest BCUT2D eigenvalue weighted by atomic mass is 27.2. The molecule has 1 aliphatic carbocycles. The van der Waals surface area contributed by atoms with E-state index in [9.17, 15) is 0 Å². The van der Waals surface area contributed by atoms with E-state index in [1.54, 1.807) is 0 Å². The van der Waals surface area contributed by atoms with Crippen LogP contribution >= 0.6 is 0 Å². The summed E-state index contributed by atoms with van der Waals surface area (Å²) in [5.74, 6) is 1.94. The first-order valence-electron chi connectivity index (χ1n) is 9.96. The Kier molecular flexibility index (Phi) is 5.64. The molecule has 2 aromatic rings. The molecule has 0 spiro atoms. The van der Waals surface area contributed by atoms with Crippen molar-refractivity contribution >= 4 is 25.3 Å². The zero-order valence-corrected chi connectivity index (χ0v) is 18.0. The molecular weight excluding hydrogens is 319 g/mol. The van der Waals surface area contributed by atoms with Gasteiger partial charge < -0.3 is 3.79 Å². The van der Waals surface area contributed by atoms with Gasteiger partial charge in [-0.3, -0.25) is 0 Å². The van der Waals surface area contributed by atoms with Crippen LogP contribution in [0.5, 0.6) is 0 Å². The normalized spacial score (nSPS) is 17.0. The zero-order chi connectivity index (χ0) is 18.2. The zero-order valence-electron chi connectivity index (χ0n) is 16.8. The quantitative estimate of drug-likeness (QED) is 0.512. The maximum absolute atomic E-state index is 6.94. The summed E-state index contributed by atoms with van der Waals surface area (Å²) in [6.45, 7) is 14.0. The van der Waals surface area contributed by atoms with Gasteiger partial charge in [-0.15, -0.1) is 0 Å². The molecule has 0 amide bonds. The van der Waals surface area contributed by atoms with Gasteiger partial charge in [-0.1, -0.05) is 86.5 Å². The molecule has 0 aromatic heterocycles. The number of hydrogen-bond acceptors (Lipinski definition) is 1. The molecule has 0 aliphatic heterocycles. The molecule has 134 valence electrons. The summed E-state index contributed by atoms with van der Waals surface area (Å²) in [6.07, 6.45) is 1.12. The van der Waals surface area contributed by atoms with E-state index in [-0.39, 0.29) is 5.60 Å². The summed E-state index contributed by atoms with van der Waals surface area (Å²) >= 11 is -1.21. The predicted molar refractivity (Wildman–Crippen MR) is 111 cm³/mol. The van der Waals surface area contributed by atoms with Crippen LogP contribution in [0.1, 0.15) is 58.6 Å². The average Bonchev–Trinajstić information content (AvgIpc) is 2.88. The first-order valence-corrected chi connectivity index (χ1v) is 12.1. The van der Waals surface area contributed by atoms with Gasteiger partial charge in [0.15, 0.2) is 0 Å². The summed E-state index contributed by atoms with van der Waals surface area (Å²) in [5.41, 5.74) is 2.91. The highest BCUT2D eigenvalue weighted by Gasteiger charge is 2.40. The molecule has 0 fully saturated rings. The predicted octanol–water partition coefficient (Wildman–Crippen LogP) is 6.58. The topological polar surface area (TPSA) is 9.23 Å². The van der Waals surface area contributed by atoms with E-state index in [0.717, 1.165) is 18.3 Å². The van der Waals surface area contributed by atoms with Crippen molar-refractivity contribution in [1.29, 1.82) is 0 Å². The van der Waals surface area contributed by atoms with E-state index in [1.165, 1.54) is 32.5 Å². The number of hydrogen-bond donors (Lipinski definition) is 0. The van der Waals surface area contributed by atoms with E-state index >= 15 is 0 Å². The molecule has 2 aromatic carbocycles. The van der Waals surface area contributed by atoms with Gasteiger partial charge in [-0.2, -0.15) is 0 Å². The van der Waals surface area contributed by atoms with Gasteiger partial charge in [0.05, 0.1) is 0 Å². The molecule has 3 rings (SSSR count). The third-order valence-corrected chi connectivity index (χ3v) is 9.48. The van der Waals surface area contributed by atoms with Crippen LogP contribution in [0.4, 0.5) is 0 Å². The molecule has 0 heterocycles. The fourth-order valence-electron chi connectivity index (χ4n) is 4.62. The van der Waals surface area contributed by atoms with Crippen LogP contribution in [-0.4, -0.2) is 20.1 Å². The lowest BCUT2D eigenvalue weighted by molar-refractivity contribution is 0.0742. The van der Waals surface area contributed by atoms with Crippen LogP contribution in [0, 0.1) is 11.8 Å². The monoisotopic (exact) mass is 352 g/mol. The minimum absolute atomic E-state index is 0.0893. The van der Waals surface area contributed by atoms with Crippen LogP contribution < -0.4 is 0 Å². The van der Waals surface area contributed by atoms with Crippen molar-refractivity contribution in [2.75, 3.05) is 0 Å². The fourth-order valence-corrected chi connectivity index (χ4v) is 8.13. The number of rotatable bonds is 7. The van der Waals surface area contributed by atoms with Crippen molar-refractivity contribution in [2.24, 2.45) is 11.8 Å². The Morgan fingerprint density at radius 3 is 2.20 bits per heavy atom. The lowest BCUT2D eigenvalue weighted by Crippen LogP contribution is -2.39. The first kappa shape index (κ1) is 19.0. The third kappa shape index (κ3) is 4.13. The Balaban J connectivity index is 1.87. The third-order valence-electron chi connectivity index (χ3n) is 5.60. The van der Waals surface area contributed by atoms with Crippen LogP contribution in [0.2, 0.25) is 10.6 Å². The molecule has 25 heavy (non-hydrogen) atoms. The number of benzene rings is 2. The van der Waals surface area contributed by atoms with E-state index in [0.29, 0.717) is 5.92 Å². The maximum Gasteiger partial charge on any atom is 0.461 e. The van der Waals surface area contributed by atoms with Gasteiger partial charge in [0.1, 0.15) is 0 Å². The van der Waals surface area contributed by atoms with Gasteiger partial charge in [-0.25, -0.2) is 0 Å². The summed E-state index contributed by atoms with van der Waals surface area (Å²) in [4.78, 5) is 0. The lowest BCUT2D eigenvalue weighted by Gasteiger charge is -2.37. The average molecular weight is 352 g/mol. The molecule has 1 atom stereocenters. The van der Waals surface area contributed by atoms with Crippen molar-refractivity contribution in [3.63, 3.8) is 0 Å². The molecule has 1 nitrogen and oxygen atoms in total. The molecule has 0 N–H and O–H groups in total. The van der Waals surface area contributed by atoms with Gasteiger partial charge in [0.25, 0.3) is 0 Å². The molecule has 0 saturated carbocycles. The fraction of sp³-hybridized carbons (Fsp3) is 0.565. The lowest BCUT2D eigenvalue weighted by atomic mass is 9.85. The Morgan fingerprint density at radius 1 is 1.00 bits per heavy atom. The highest BCUT2D eigenvalue weighted by molar-refractivity contribution is 6.52. The summed E-state index contributed by atoms with van der Waals surface area (Å²) in [5, 5.41) is 5.43. The van der Waals surface area contributed by atoms with Gasteiger partial charge in [0, 0.05) is 11.5 Å². The van der Waals surface area contributed by atoms with Crippen molar-refractivity contribution < 1.29 is 3.79 Å². The van der Waals surface area contributed by atoms with E-state index in [2.05, 4.69) is 77.9 Å². The second-order valence-corrected chi connectivity index (χ2v) is 11.6. The van der Waals surface area contributed by atoms with Crippen LogP contribution in [0.25, 0.3) is 10.8 Å². The van der Waals surface area contributed by atoms with Crippen molar-refractivity contribution in [3.8, 4) is 0 Å². The van der Waals surface area contributed by atoms with E-state index in [4.69, 9.17) is 3.79 Å². The molecule has 0 bridgehead atoms. The second-order valence-electron chi connectivity index (χ2n) is 9.22. The second kappa shape index (κ2) is 7.44. The maximum atomic E-state index is 6.94. The largest absolute Gasteiger partial charge is 0.496 e. The van der Waals surface area contributed by atoms with Crippen molar-refractivity contribution in [1.82, 2.24) is 0 Å². The highest BCUT2D eigenvalue weighted by Crippen LogP contribution is 2.45. The standard InChI is InChI=1S/C15H15O.2C4H9.Al/c1-15(2,16)13-9-11-7-3-5-10-6-4-8-12(13)14(10)11;2*1-4(2)3;/h3-8,13H,9H2,1-2H3;2*4H,1H2,2-3H3;/q-1;;;+1. The molecule has 1 aliphatic rings. The Hall–Kier alpha value is -0.808. The summed E-state index contributed by atoms with van der Waals surface area (Å²) < 4.78 is 6.94. The molecule has 1 unspecified atom stereocenters. The Bertz CT molecular complexity index is 717. The summed E-state index contributed by atoms with van der Waals surface area (Å²) in [6, 6.07) is 13.5. The SMILES string of the molecule is CC(C)[CH2][Al]([CH2]C(C)C)[O]C(C)(C)C1Cc2cccc3cccc1c23. The molecule has 0 radical (unpaired) electrons. The molecule has 2 heteroatoms. The van der Waals surface area contributed by atoms with Crippen LogP contribution in [0.3, 0.4) is 0 Å². The van der Waals surface area contributed by atoms with E-state index < -0.39 is 14.5 Å². The van der Waals surface area contributed by atoms with Crippen molar-refractivity contribution in [2.45, 2.75) is 70.0 Å². The molecule has 0 saturated heterocycles. The summed E-state index contributed by atoms with van der Waals surface area (Å²) in [7, 11) is 0. The smallest absolute Gasteiger partial charge is 0.461 e. The minimum atomic E-state index is -1.21. The van der Waals surface area contributed by atoms with Gasteiger partial charge in [-0.05, 0) is 42.2 Å². The first-order chi connectivity index (χ1) is 11.8. The van der Waals surface area contributed by atoms with Crippen LogP contribution in [0.15, 0.2) is 36.4 Å². The Morgan fingerprint density at radius 2 is 1.60 bits per heavy atom. The van der Waals surface area contributed by atoms with Gasteiger partial charge >= 0.3 is 14.5 Å².